The molecule has 1 aliphatic rings. The van der Waals surface area contributed by atoms with Crippen molar-refractivity contribution in [2.75, 3.05) is 39.3 Å². The molecular formula is C17H25N3O3. The molecule has 6 nitrogen and oxygen atoms in total. The summed E-state index contributed by atoms with van der Waals surface area (Å²) in [5, 5.41) is 2.86. The number of benzene rings is 1. The molecule has 0 bridgehead atoms. The summed E-state index contributed by atoms with van der Waals surface area (Å²) in [6.45, 7) is 6.94. The summed E-state index contributed by atoms with van der Waals surface area (Å²) in [6.07, 6.45) is 0.917. The van der Waals surface area contributed by atoms with Crippen LogP contribution in [-0.2, 0) is 4.79 Å². The average Bonchev–Trinajstić information content (AvgIpc) is 2.57. The van der Waals surface area contributed by atoms with Crippen molar-refractivity contribution in [3.63, 3.8) is 0 Å². The van der Waals surface area contributed by atoms with Gasteiger partial charge in [-0.05, 0) is 31.0 Å². The zero-order valence-electron chi connectivity index (χ0n) is 13.9. The van der Waals surface area contributed by atoms with Crippen molar-refractivity contribution in [1.82, 2.24) is 15.1 Å². The number of hydrogen-bond acceptors (Lipinski definition) is 3. The molecule has 1 N–H and O–H groups in total. The minimum Gasteiger partial charge on any atom is -0.484 e. The molecule has 1 saturated heterocycles. The van der Waals surface area contributed by atoms with Gasteiger partial charge in [0.2, 0.25) is 0 Å². The molecule has 0 unspecified atom stereocenters. The second-order valence-corrected chi connectivity index (χ2v) is 5.70. The third-order valence-corrected chi connectivity index (χ3v) is 3.80. The lowest BCUT2D eigenvalue weighted by Gasteiger charge is -2.34. The van der Waals surface area contributed by atoms with Gasteiger partial charge in [0.05, 0.1) is 0 Å². The molecule has 6 heteroatoms. The van der Waals surface area contributed by atoms with Crippen molar-refractivity contribution in [3.8, 4) is 5.75 Å². The summed E-state index contributed by atoms with van der Waals surface area (Å²) < 4.78 is 5.55. The zero-order chi connectivity index (χ0) is 16.7. The van der Waals surface area contributed by atoms with Gasteiger partial charge in [-0.15, -0.1) is 0 Å². The number of piperazine rings is 1. The number of amides is 3. The fraction of sp³-hybridized carbons (Fsp3) is 0.529. The van der Waals surface area contributed by atoms with Crippen molar-refractivity contribution in [1.29, 1.82) is 0 Å². The summed E-state index contributed by atoms with van der Waals surface area (Å²) in [6, 6.07) is 7.59. The molecule has 0 aliphatic carbocycles. The summed E-state index contributed by atoms with van der Waals surface area (Å²) in [5.41, 5.74) is 1.10. The molecule has 23 heavy (non-hydrogen) atoms. The van der Waals surface area contributed by atoms with Gasteiger partial charge < -0.3 is 19.9 Å². The number of nitrogens with zero attached hydrogens (tertiary/aromatic N) is 2. The Kier molecular flexibility index (Phi) is 6.26. The summed E-state index contributed by atoms with van der Waals surface area (Å²) in [4.78, 5) is 27.5. The second kappa shape index (κ2) is 8.41. The SMILES string of the molecule is CCCNC(=O)N1CCN(C(=O)COc2cccc(C)c2)CC1. The molecule has 0 atom stereocenters. The van der Waals surface area contributed by atoms with Crippen molar-refractivity contribution >= 4 is 11.9 Å². The van der Waals surface area contributed by atoms with E-state index >= 15 is 0 Å². The number of hydrogen-bond donors (Lipinski definition) is 1. The van der Waals surface area contributed by atoms with Gasteiger partial charge >= 0.3 is 6.03 Å². The van der Waals surface area contributed by atoms with Crippen LogP contribution in [0.5, 0.6) is 5.75 Å². The predicted octanol–water partition coefficient (Wildman–Crippen LogP) is 1.64. The number of ether oxygens (including phenoxy) is 1. The first kappa shape index (κ1) is 17.1. The minimum absolute atomic E-state index is 0.0332. The number of rotatable bonds is 5. The number of carbonyl (C=O) groups excluding carboxylic acids is 2. The number of aryl methyl sites for hydroxylation is 1. The molecule has 1 fully saturated rings. The Balaban J connectivity index is 1.74. The highest BCUT2D eigenvalue weighted by Crippen LogP contribution is 2.12. The van der Waals surface area contributed by atoms with E-state index in [0.717, 1.165) is 12.0 Å². The number of nitrogens with one attached hydrogen (secondary N) is 1. The Bertz CT molecular complexity index is 540. The first-order valence-corrected chi connectivity index (χ1v) is 8.10. The van der Waals surface area contributed by atoms with Crippen LogP contribution in [-0.4, -0.2) is 61.1 Å². The molecule has 1 heterocycles. The quantitative estimate of drug-likeness (QED) is 0.897. The van der Waals surface area contributed by atoms with Gasteiger partial charge in [0.15, 0.2) is 6.61 Å². The smallest absolute Gasteiger partial charge is 0.317 e. The highest BCUT2D eigenvalue weighted by atomic mass is 16.5. The third kappa shape index (κ3) is 5.16. The van der Waals surface area contributed by atoms with Crippen LogP contribution in [0.1, 0.15) is 18.9 Å². The predicted molar refractivity (Wildman–Crippen MR) is 88.5 cm³/mol. The third-order valence-electron chi connectivity index (χ3n) is 3.80. The van der Waals surface area contributed by atoms with Gasteiger partial charge in [-0.1, -0.05) is 19.1 Å². The van der Waals surface area contributed by atoms with Crippen LogP contribution in [0.15, 0.2) is 24.3 Å². The fourth-order valence-electron chi connectivity index (χ4n) is 2.44. The molecule has 1 aromatic rings. The topological polar surface area (TPSA) is 61.9 Å². The maximum Gasteiger partial charge on any atom is 0.317 e. The van der Waals surface area contributed by atoms with Gasteiger partial charge in [0.1, 0.15) is 5.75 Å². The normalized spacial score (nSPS) is 14.5. The van der Waals surface area contributed by atoms with Crippen LogP contribution >= 0.6 is 0 Å². The minimum atomic E-state index is -0.0463. The van der Waals surface area contributed by atoms with Crippen LogP contribution in [0.3, 0.4) is 0 Å². The monoisotopic (exact) mass is 319 g/mol. The molecular weight excluding hydrogens is 294 g/mol. The van der Waals surface area contributed by atoms with Crippen LogP contribution in [0.4, 0.5) is 4.79 Å². The van der Waals surface area contributed by atoms with E-state index in [1.165, 1.54) is 0 Å². The van der Waals surface area contributed by atoms with Crippen LogP contribution in [0, 0.1) is 6.92 Å². The highest BCUT2D eigenvalue weighted by Gasteiger charge is 2.24. The lowest BCUT2D eigenvalue weighted by Crippen LogP contribution is -2.54. The van der Waals surface area contributed by atoms with Gasteiger partial charge in [-0.3, -0.25) is 4.79 Å². The zero-order valence-corrected chi connectivity index (χ0v) is 13.9. The van der Waals surface area contributed by atoms with Gasteiger partial charge in [0.25, 0.3) is 5.91 Å². The Morgan fingerprint density at radius 1 is 1.17 bits per heavy atom. The van der Waals surface area contributed by atoms with E-state index in [-0.39, 0.29) is 18.5 Å². The molecule has 1 aromatic carbocycles. The van der Waals surface area contributed by atoms with Crippen molar-refractivity contribution in [3.05, 3.63) is 29.8 Å². The molecule has 0 aromatic heterocycles. The van der Waals surface area contributed by atoms with Crippen molar-refractivity contribution in [2.24, 2.45) is 0 Å². The lowest BCUT2D eigenvalue weighted by molar-refractivity contribution is -0.134. The maximum absolute atomic E-state index is 12.2. The second-order valence-electron chi connectivity index (χ2n) is 5.70. The largest absolute Gasteiger partial charge is 0.484 e. The van der Waals surface area contributed by atoms with Crippen molar-refractivity contribution < 1.29 is 14.3 Å². The highest BCUT2D eigenvalue weighted by molar-refractivity contribution is 5.79. The van der Waals surface area contributed by atoms with E-state index in [1.54, 1.807) is 9.80 Å². The number of urea groups is 1. The van der Waals surface area contributed by atoms with E-state index in [2.05, 4.69) is 5.32 Å². The first-order chi connectivity index (χ1) is 11.1. The molecule has 0 spiro atoms. The molecule has 2 rings (SSSR count). The summed E-state index contributed by atoms with van der Waals surface area (Å²) in [5.74, 6) is 0.663. The van der Waals surface area contributed by atoms with Gasteiger partial charge in [-0.25, -0.2) is 4.79 Å². The first-order valence-electron chi connectivity index (χ1n) is 8.10. The Morgan fingerprint density at radius 2 is 1.87 bits per heavy atom. The van der Waals surface area contributed by atoms with E-state index in [9.17, 15) is 9.59 Å². The van der Waals surface area contributed by atoms with Crippen molar-refractivity contribution in [2.45, 2.75) is 20.3 Å². The lowest BCUT2D eigenvalue weighted by atomic mass is 10.2. The van der Waals surface area contributed by atoms with E-state index in [0.29, 0.717) is 38.5 Å². The van der Waals surface area contributed by atoms with Crippen LogP contribution in [0.25, 0.3) is 0 Å². The van der Waals surface area contributed by atoms with E-state index < -0.39 is 0 Å². The van der Waals surface area contributed by atoms with E-state index in [1.807, 2.05) is 38.1 Å². The Hall–Kier alpha value is -2.24. The number of carbonyl (C=O) groups is 2. The van der Waals surface area contributed by atoms with Crippen LogP contribution in [0.2, 0.25) is 0 Å². The summed E-state index contributed by atoms with van der Waals surface area (Å²) >= 11 is 0. The molecule has 0 saturated carbocycles. The van der Waals surface area contributed by atoms with Crippen LogP contribution < -0.4 is 10.1 Å². The molecule has 1 aliphatic heterocycles. The Morgan fingerprint density at radius 3 is 2.52 bits per heavy atom. The fourth-order valence-corrected chi connectivity index (χ4v) is 2.44. The standard InChI is InChI=1S/C17H25N3O3/c1-3-7-18-17(22)20-10-8-19(9-11-20)16(21)13-23-15-6-4-5-14(2)12-15/h4-6,12H,3,7-11,13H2,1-2H3,(H,18,22). The maximum atomic E-state index is 12.2. The molecule has 0 radical (unpaired) electrons. The molecule has 126 valence electrons. The Labute approximate surface area is 137 Å². The average molecular weight is 319 g/mol. The van der Waals surface area contributed by atoms with Gasteiger partial charge in [-0.2, -0.15) is 0 Å². The molecule has 3 amide bonds. The van der Waals surface area contributed by atoms with E-state index in [4.69, 9.17) is 4.74 Å². The summed E-state index contributed by atoms with van der Waals surface area (Å²) in [7, 11) is 0. The van der Waals surface area contributed by atoms with Gasteiger partial charge in [0, 0.05) is 32.7 Å².